The Labute approximate surface area is 99.4 Å². The summed E-state index contributed by atoms with van der Waals surface area (Å²) in [6.45, 7) is 3.57. The molecule has 88 valence electrons. The average Bonchev–Trinajstić information content (AvgIpc) is 2.23. The molecule has 0 bridgehead atoms. The topological polar surface area (TPSA) is 61.7 Å². The van der Waals surface area contributed by atoms with Crippen LogP contribution >= 0.6 is 23.4 Å². The second-order valence-electron chi connectivity index (χ2n) is 3.73. The van der Waals surface area contributed by atoms with Crippen molar-refractivity contribution in [1.82, 2.24) is 5.32 Å². The van der Waals surface area contributed by atoms with Gasteiger partial charge in [0.2, 0.25) is 5.91 Å². The normalized spacial score (nSPS) is 14.9. The van der Waals surface area contributed by atoms with Gasteiger partial charge in [-0.2, -0.15) is 11.8 Å². The second-order valence-corrected chi connectivity index (χ2v) is 5.00. The number of halogens is 1. The summed E-state index contributed by atoms with van der Waals surface area (Å²) in [6.07, 6.45) is 1.91. The molecule has 1 atom stereocenters. The highest BCUT2D eigenvalue weighted by Gasteiger charge is 2.38. The van der Waals surface area contributed by atoms with E-state index in [1.807, 2.05) is 6.26 Å². The lowest BCUT2D eigenvalue weighted by molar-refractivity contribution is -0.125. The van der Waals surface area contributed by atoms with Crippen molar-refractivity contribution in [1.29, 1.82) is 0 Å². The number of oxime groups is 1. The lowest BCUT2D eigenvalue weighted by Crippen LogP contribution is -2.42. The standard InChI is InChI=1S/C9H17ClN2O2S/c1-9(2,8(10)12-14)6(5-15-4)7(13)11-3/h6,14H,5H2,1-4H3,(H,11,13). The van der Waals surface area contributed by atoms with E-state index in [9.17, 15) is 4.79 Å². The first-order chi connectivity index (χ1) is 6.91. The molecule has 0 rings (SSSR count). The number of hydrogen-bond acceptors (Lipinski definition) is 4. The van der Waals surface area contributed by atoms with E-state index in [0.29, 0.717) is 5.75 Å². The molecular weight excluding hydrogens is 236 g/mol. The van der Waals surface area contributed by atoms with Gasteiger partial charge in [0.1, 0.15) is 0 Å². The number of nitrogens with zero attached hydrogens (tertiary/aromatic N) is 1. The molecule has 0 fully saturated rings. The fourth-order valence-electron chi connectivity index (χ4n) is 1.23. The minimum atomic E-state index is -0.667. The molecule has 0 saturated carbocycles. The van der Waals surface area contributed by atoms with Crippen molar-refractivity contribution in [3.63, 3.8) is 0 Å². The Morgan fingerprint density at radius 1 is 1.67 bits per heavy atom. The van der Waals surface area contributed by atoms with E-state index in [1.54, 1.807) is 32.7 Å². The van der Waals surface area contributed by atoms with Crippen LogP contribution in [0.5, 0.6) is 0 Å². The molecule has 0 aromatic rings. The molecule has 0 saturated heterocycles. The summed E-state index contributed by atoms with van der Waals surface area (Å²) in [6, 6.07) is 0. The number of rotatable bonds is 5. The van der Waals surface area contributed by atoms with Gasteiger partial charge >= 0.3 is 0 Å². The van der Waals surface area contributed by atoms with Crippen LogP contribution in [0.3, 0.4) is 0 Å². The van der Waals surface area contributed by atoms with Crippen LogP contribution in [0.15, 0.2) is 5.16 Å². The molecule has 6 heteroatoms. The summed E-state index contributed by atoms with van der Waals surface area (Å²) in [7, 11) is 1.58. The highest BCUT2D eigenvalue weighted by atomic mass is 35.5. The minimum absolute atomic E-state index is 0.0464. The van der Waals surface area contributed by atoms with Crippen LogP contribution in [0.1, 0.15) is 13.8 Å². The Morgan fingerprint density at radius 2 is 2.20 bits per heavy atom. The molecule has 0 aliphatic carbocycles. The van der Waals surface area contributed by atoms with Crippen molar-refractivity contribution >= 4 is 34.4 Å². The summed E-state index contributed by atoms with van der Waals surface area (Å²) in [5, 5.41) is 14.3. The van der Waals surface area contributed by atoms with Gasteiger partial charge in [-0.05, 0) is 6.26 Å². The van der Waals surface area contributed by atoms with Crippen LogP contribution in [0.2, 0.25) is 0 Å². The van der Waals surface area contributed by atoms with Crippen molar-refractivity contribution in [3.8, 4) is 0 Å². The first kappa shape index (κ1) is 14.6. The summed E-state index contributed by atoms with van der Waals surface area (Å²) >= 11 is 7.35. The number of hydrogen-bond donors (Lipinski definition) is 2. The van der Waals surface area contributed by atoms with Crippen LogP contribution in [0.25, 0.3) is 0 Å². The van der Waals surface area contributed by atoms with Gasteiger partial charge in [0, 0.05) is 18.2 Å². The predicted octanol–water partition coefficient (Wildman–Crippen LogP) is 1.76. The van der Waals surface area contributed by atoms with Gasteiger partial charge in [-0.3, -0.25) is 4.79 Å². The zero-order chi connectivity index (χ0) is 12.1. The quantitative estimate of drug-likeness (QED) is 0.445. The SMILES string of the molecule is CNC(=O)C(CSC)C(C)(C)C(Cl)=NO. The maximum absolute atomic E-state index is 11.6. The molecule has 4 nitrogen and oxygen atoms in total. The van der Waals surface area contributed by atoms with E-state index in [1.165, 1.54) is 0 Å². The number of carbonyl (C=O) groups is 1. The Balaban J connectivity index is 4.97. The van der Waals surface area contributed by atoms with Crippen molar-refractivity contribution in [2.24, 2.45) is 16.5 Å². The molecule has 0 aliphatic heterocycles. The third-order valence-electron chi connectivity index (χ3n) is 2.39. The maximum Gasteiger partial charge on any atom is 0.224 e. The van der Waals surface area contributed by atoms with Crippen LogP contribution in [0.4, 0.5) is 0 Å². The lowest BCUT2D eigenvalue weighted by atomic mass is 9.80. The fraction of sp³-hybridized carbons (Fsp3) is 0.778. The lowest BCUT2D eigenvalue weighted by Gasteiger charge is -2.30. The molecule has 0 aromatic heterocycles. The molecule has 0 spiro atoms. The molecular formula is C9H17ClN2O2S. The van der Waals surface area contributed by atoms with Gasteiger partial charge in [-0.1, -0.05) is 30.6 Å². The van der Waals surface area contributed by atoms with E-state index in [2.05, 4.69) is 10.5 Å². The Bertz CT molecular complexity index is 256. The minimum Gasteiger partial charge on any atom is -0.410 e. The summed E-state index contributed by atoms with van der Waals surface area (Å²) in [5.41, 5.74) is -0.667. The van der Waals surface area contributed by atoms with E-state index < -0.39 is 5.41 Å². The Kier molecular flexibility index (Phi) is 6.05. The molecule has 0 radical (unpaired) electrons. The van der Waals surface area contributed by atoms with Crippen molar-refractivity contribution in [2.45, 2.75) is 13.8 Å². The second kappa shape index (κ2) is 6.23. The van der Waals surface area contributed by atoms with Crippen molar-refractivity contribution in [3.05, 3.63) is 0 Å². The van der Waals surface area contributed by atoms with Crippen molar-refractivity contribution < 1.29 is 10.0 Å². The van der Waals surface area contributed by atoms with E-state index in [0.717, 1.165) is 0 Å². The third-order valence-corrected chi connectivity index (χ3v) is 3.62. The first-order valence-corrected chi connectivity index (χ1v) is 6.27. The van der Waals surface area contributed by atoms with E-state index in [4.69, 9.17) is 16.8 Å². The van der Waals surface area contributed by atoms with Gasteiger partial charge in [0.25, 0.3) is 0 Å². The zero-order valence-electron chi connectivity index (χ0n) is 9.37. The van der Waals surface area contributed by atoms with E-state index in [-0.39, 0.29) is 17.0 Å². The van der Waals surface area contributed by atoms with Gasteiger partial charge in [-0.25, -0.2) is 0 Å². The molecule has 15 heavy (non-hydrogen) atoms. The molecule has 0 heterocycles. The highest BCUT2D eigenvalue weighted by Crippen LogP contribution is 2.32. The Morgan fingerprint density at radius 3 is 2.53 bits per heavy atom. The van der Waals surface area contributed by atoms with Gasteiger partial charge < -0.3 is 10.5 Å². The summed E-state index contributed by atoms with van der Waals surface area (Å²) in [5.74, 6) is 0.204. The predicted molar refractivity (Wildman–Crippen MR) is 64.8 cm³/mol. The molecule has 0 aromatic carbocycles. The zero-order valence-corrected chi connectivity index (χ0v) is 10.9. The molecule has 2 N–H and O–H groups in total. The number of amides is 1. The van der Waals surface area contributed by atoms with Crippen LogP contribution in [0, 0.1) is 11.3 Å². The van der Waals surface area contributed by atoms with Crippen LogP contribution < -0.4 is 5.32 Å². The average molecular weight is 253 g/mol. The summed E-state index contributed by atoms with van der Waals surface area (Å²) < 4.78 is 0. The van der Waals surface area contributed by atoms with Crippen LogP contribution in [-0.4, -0.2) is 35.3 Å². The molecule has 0 aliphatic rings. The number of thioether (sulfide) groups is 1. The highest BCUT2D eigenvalue weighted by molar-refractivity contribution is 7.98. The largest absolute Gasteiger partial charge is 0.410 e. The Hall–Kier alpha value is -0.420. The number of nitrogens with one attached hydrogen (secondary N) is 1. The van der Waals surface area contributed by atoms with Gasteiger partial charge in [0.05, 0.1) is 5.92 Å². The van der Waals surface area contributed by atoms with Gasteiger partial charge in [-0.15, -0.1) is 0 Å². The third kappa shape index (κ3) is 3.57. The molecule has 1 amide bonds. The van der Waals surface area contributed by atoms with E-state index >= 15 is 0 Å². The first-order valence-electron chi connectivity index (χ1n) is 4.50. The monoisotopic (exact) mass is 252 g/mol. The smallest absolute Gasteiger partial charge is 0.224 e. The number of carbonyl (C=O) groups excluding carboxylic acids is 1. The van der Waals surface area contributed by atoms with Gasteiger partial charge in [0.15, 0.2) is 5.17 Å². The van der Waals surface area contributed by atoms with Crippen LogP contribution in [-0.2, 0) is 4.79 Å². The summed E-state index contributed by atoms with van der Waals surface area (Å²) in [4.78, 5) is 11.6. The van der Waals surface area contributed by atoms with Crippen molar-refractivity contribution in [2.75, 3.05) is 19.1 Å². The fourth-order valence-corrected chi connectivity index (χ4v) is 2.26. The maximum atomic E-state index is 11.6. The molecule has 1 unspecified atom stereocenters.